The fraction of sp³-hybridized carbons (Fsp3) is 0.889. The predicted octanol–water partition coefficient (Wildman–Crippen LogP) is 1.71. The molecule has 2 aliphatic rings. The minimum atomic E-state index is 0.378. The number of thioether (sulfide) groups is 1. The summed E-state index contributed by atoms with van der Waals surface area (Å²) >= 11 is 1.87. The van der Waals surface area contributed by atoms with Crippen molar-refractivity contribution in [1.29, 1.82) is 0 Å². The van der Waals surface area contributed by atoms with E-state index in [1.165, 1.54) is 12.8 Å². The smallest absolute Gasteiger partial charge is 0.226 e. The molecule has 0 aromatic carbocycles. The Bertz CT molecular complexity index is 153. The lowest BCUT2D eigenvalue weighted by Gasteiger charge is -2.18. The molecule has 12 heavy (non-hydrogen) atoms. The van der Waals surface area contributed by atoms with Crippen LogP contribution in [-0.2, 0) is 4.79 Å². The Kier molecular flexibility index (Phi) is 2.59. The van der Waals surface area contributed by atoms with Gasteiger partial charge in [-0.3, -0.25) is 4.79 Å². The quantitative estimate of drug-likeness (QED) is 0.620. The van der Waals surface area contributed by atoms with Crippen molar-refractivity contribution < 1.29 is 4.79 Å². The van der Waals surface area contributed by atoms with Crippen LogP contribution in [0.15, 0.2) is 0 Å². The number of nitrogens with zero attached hydrogens (tertiary/aromatic N) is 1. The van der Waals surface area contributed by atoms with Crippen LogP contribution in [0.2, 0.25) is 0 Å². The fourth-order valence-electron chi connectivity index (χ4n) is 2.02. The lowest BCUT2D eigenvalue weighted by atomic mass is 10.1. The Morgan fingerprint density at radius 2 is 2.08 bits per heavy atom. The third-order valence-corrected chi connectivity index (χ3v) is 3.73. The molecule has 2 fully saturated rings. The van der Waals surface area contributed by atoms with Crippen LogP contribution in [-0.4, -0.2) is 29.0 Å². The van der Waals surface area contributed by atoms with Crippen LogP contribution in [0.4, 0.5) is 0 Å². The Morgan fingerprint density at radius 3 is 2.67 bits per heavy atom. The number of hydrogen-bond acceptors (Lipinski definition) is 2. The minimum Gasteiger partial charge on any atom is -0.332 e. The maximum absolute atomic E-state index is 11.8. The van der Waals surface area contributed by atoms with E-state index in [4.69, 9.17) is 0 Å². The molecule has 1 amide bonds. The highest BCUT2D eigenvalue weighted by Crippen LogP contribution is 2.28. The van der Waals surface area contributed by atoms with Crippen LogP contribution >= 0.6 is 11.8 Å². The first-order chi connectivity index (χ1) is 5.88. The van der Waals surface area contributed by atoms with Crippen molar-refractivity contribution in [2.45, 2.75) is 25.7 Å². The van der Waals surface area contributed by atoms with Crippen LogP contribution in [0, 0.1) is 5.92 Å². The summed E-state index contributed by atoms with van der Waals surface area (Å²) in [6.45, 7) is 0.986. The Morgan fingerprint density at radius 1 is 1.33 bits per heavy atom. The average Bonchev–Trinajstić information content (AvgIpc) is 2.77. The van der Waals surface area contributed by atoms with E-state index in [0.29, 0.717) is 11.8 Å². The van der Waals surface area contributed by atoms with E-state index in [-0.39, 0.29) is 0 Å². The first-order valence-electron chi connectivity index (χ1n) is 4.74. The molecule has 0 radical (unpaired) electrons. The second kappa shape index (κ2) is 3.69. The summed E-state index contributed by atoms with van der Waals surface area (Å²) in [6, 6.07) is 0. The van der Waals surface area contributed by atoms with Gasteiger partial charge in [0.15, 0.2) is 0 Å². The first-order valence-corrected chi connectivity index (χ1v) is 5.90. The van der Waals surface area contributed by atoms with Crippen molar-refractivity contribution in [2.75, 3.05) is 18.2 Å². The number of amides is 1. The molecule has 1 heterocycles. The molecule has 1 aliphatic heterocycles. The van der Waals surface area contributed by atoms with E-state index in [1.807, 2.05) is 16.7 Å². The molecule has 68 valence electrons. The molecule has 2 nitrogen and oxygen atoms in total. The second-order valence-electron chi connectivity index (χ2n) is 3.62. The summed E-state index contributed by atoms with van der Waals surface area (Å²) in [4.78, 5) is 13.8. The molecule has 1 aliphatic carbocycles. The van der Waals surface area contributed by atoms with E-state index in [1.54, 1.807) is 0 Å². The Labute approximate surface area is 77.7 Å². The van der Waals surface area contributed by atoms with Gasteiger partial charge in [0, 0.05) is 18.2 Å². The monoisotopic (exact) mass is 185 g/mol. The third kappa shape index (κ3) is 1.60. The van der Waals surface area contributed by atoms with E-state index >= 15 is 0 Å². The fourth-order valence-corrected chi connectivity index (χ4v) is 2.97. The topological polar surface area (TPSA) is 20.3 Å². The predicted molar refractivity (Wildman–Crippen MR) is 51.0 cm³/mol. The van der Waals surface area contributed by atoms with Gasteiger partial charge in [0.05, 0.1) is 5.88 Å². The molecule has 0 aromatic rings. The van der Waals surface area contributed by atoms with Gasteiger partial charge in [-0.05, 0) is 12.8 Å². The zero-order valence-corrected chi connectivity index (χ0v) is 8.11. The lowest BCUT2D eigenvalue weighted by molar-refractivity contribution is -0.133. The van der Waals surface area contributed by atoms with E-state index in [2.05, 4.69) is 0 Å². The normalized spacial score (nSPS) is 25.2. The summed E-state index contributed by atoms with van der Waals surface area (Å²) in [5.41, 5.74) is 0. The maximum Gasteiger partial charge on any atom is 0.226 e. The average molecular weight is 185 g/mol. The van der Waals surface area contributed by atoms with Gasteiger partial charge in [0.25, 0.3) is 0 Å². The van der Waals surface area contributed by atoms with Crippen LogP contribution in [0.5, 0.6) is 0 Å². The molecule has 2 rings (SSSR count). The highest BCUT2D eigenvalue weighted by atomic mass is 32.2. The molecule has 1 saturated carbocycles. The van der Waals surface area contributed by atoms with Crippen LogP contribution in [0.1, 0.15) is 25.7 Å². The molecular weight excluding hydrogens is 170 g/mol. The zero-order valence-electron chi connectivity index (χ0n) is 7.29. The van der Waals surface area contributed by atoms with Crippen molar-refractivity contribution in [2.24, 2.45) is 5.92 Å². The second-order valence-corrected chi connectivity index (χ2v) is 4.70. The van der Waals surface area contributed by atoms with Crippen molar-refractivity contribution in [1.82, 2.24) is 4.90 Å². The van der Waals surface area contributed by atoms with Gasteiger partial charge in [-0.25, -0.2) is 0 Å². The van der Waals surface area contributed by atoms with Crippen LogP contribution < -0.4 is 0 Å². The van der Waals surface area contributed by atoms with Crippen molar-refractivity contribution in [3.05, 3.63) is 0 Å². The van der Waals surface area contributed by atoms with Crippen molar-refractivity contribution >= 4 is 17.7 Å². The van der Waals surface area contributed by atoms with Crippen molar-refractivity contribution in [3.63, 3.8) is 0 Å². The van der Waals surface area contributed by atoms with E-state index in [9.17, 15) is 4.79 Å². The Balaban J connectivity index is 1.89. The molecule has 0 bridgehead atoms. The molecule has 0 unspecified atom stereocenters. The van der Waals surface area contributed by atoms with Gasteiger partial charge in [0.1, 0.15) is 0 Å². The molecule has 0 N–H and O–H groups in total. The highest BCUT2D eigenvalue weighted by Gasteiger charge is 2.28. The largest absolute Gasteiger partial charge is 0.332 e. The van der Waals surface area contributed by atoms with Gasteiger partial charge >= 0.3 is 0 Å². The van der Waals surface area contributed by atoms with Crippen LogP contribution in [0.3, 0.4) is 0 Å². The molecular formula is C9H15NOS. The molecule has 0 atom stereocenters. The summed E-state index contributed by atoms with van der Waals surface area (Å²) in [5.74, 6) is 2.88. The number of carbonyl (C=O) groups excluding carboxylic acids is 1. The molecule has 0 aromatic heterocycles. The lowest BCUT2D eigenvalue weighted by Crippen LogP contribution is -2.32. The summed E-state index contributed by atoms with van der Waals surface area (Å²) < 4.78 is 0. The first kappa shape index (κ1) is 8.42. The van der Waals surface area contributed by atoms with Crippen molar-refractivity contribution in [3.8, 4) is 0 Å². The molecule has 3 heteroatoms. The summed E-state index contributed by atoms with van der Waals surface area (Å²) in [7, 11) is 0. The van der Waals surface area contributed by atoms with Crippen LogP contribution in [0.25, 0.3) is 0 Å². The highest BCUT2D eigenvalue weighted by molar-refractivity contribution is 7.99. The molecule has 0 spiro atoms. The third-order valence-electron chi connectivity index (χ3n) is 2.77. The van der Waals surface area contributed by atoms with Gasteiger partial charge in [-0.15, -0.1) is 11.8 Å². The molecule has 1 saturated heterocycles. The van der Waals surface area contributed by atoms with Gasteiger partial charge in [-0.1, -0.05) is 12.8 Å². The number of rotatable bonds is 1. The Hall–Kier alpha value is -0.180. The van der Waals surface area contributed by atoms with E-state index in [0.717, 1.165) is 31.0 Å². The van der Waals surface area contributed by atoms with Gasteiger partial charge < -0.3 is 4.90 Å². The SMILES string of the molecule is O=C(C1CCCC1)N1CCSC1. The summed E-state index contributed by atoms with van der Waals surface area (Å²) in [5, 5.41) is 0. The van der Waals surface area contributed by atoms with Gasteiger partial charge in [-0.2, -0.15) is 0 Å². The maximum atomic E-state index is 11.8. The van der Waals surface area contributed by atoms with Gasteiger partial charge in [0.2, 0.25) is 5.91 Å². The minimum absolute atomic E-state index is 0.378. The van der Waals surface area contributed by atoms with E-state index < -0.39 is 0 Å². The summed E-state index contributed by atoms with van der Waals surface area (Å²) in [6.07, 6.45) is 4.80. The standard InChI is InChI=1S/C9H15NOS/c11-9(8-3-1-2-4-8)10-5-6-12-7-10/h8H,1-7H2. The number of hydrogen-bond donors (Lipinski definition) is 0. The zero-order chi connectivity index (χ0) is 8.39. The number of carbonyl (C=O) groups is 1.